The first-order chi connectivity index (χ1) is 7.61. The molecule has 1 atom stereocenters. The fourth-order valence-electron chi connectivity index (χ4n) is 1.34. The lowest BCUT2D eigenvalue weighted by molar-refractivity contribution is 0.245. The first-order valence-corrected chi connectivity index (χ1v) is 6.18. The number of nitrogens with one attached hydrogen (secondary N) is 2. The first kappa shape index (κ1) is 13.0. The summed E-state index contributed by atoms with van der Waals surface area (Å²) in [5, 5.41) is 15.1. The Labute approximate surface area is 99.7 Å². The van der Waals surface area contributed by atoms with E-state index in [9.17, 15) is 4.79 Å². The number of hydrogen-bond acceptors (Lipinski definition) is 3. The molecule has 1 aromatic rings. The molecular formula is C11H18N2O2S. The molecule has 4 nitrogen and oxygen atoms in total. The molecule has 0 radical (unpaired) electrons. The van der Waals surface area contributed by atoms with E-state index in [1.807, 2.05) is 26.0 Å². The Morgan fingerprint density at radius 3 is 2.88 bits per heavy atom. The van der Waals surface area contributed by atoms with Gasteiger partial charge in [0.25, 0.3) is 0 Å². The Hall–Kier alpha value is -1.07. The topological polar surface area (TPSA) is 61.4 Å². The third kappa shape index (κ3) is 4.63. The van der Waals surface area contributed by atoms with Gasteiger partial charge in [-0.1, -0.05) is 0 Å². The quantitative estimate of drug-likeness (QED) is 0.742. The van der Waals surface area contributed by atoms with Gasteiger partial charge < -0.3 is 10.4 Å². The van der Waals surface area contributed by atoms with Gasteiger partial charge in [0.05, 0.1) is 5.00 Å². The van der Waals surface area contributed by atoms with E-state index >= 15 is 0 Å². The van der Waals surface area contributed by atoms with Gasteiger partial charge in [-0.2, -0.15) is 0 Å². The summed E-state index contributed by atoms with van der Waals surface area (Å²) in [4.78, 5) is 12.7. The van der Waals surface area contributed by atoms with Crippen molar-refractivity contribution in [1.29, 1.82) is 0 Å². The molecule has 16 heavy (non-hydrogen) atoms. The Kier molecular flexibility index (Phi) is 5.28. The molecule has 1 rings (SSSR count). The highest BCUT2D eigenvalue weighted by molar-refractivity contribution is 7.16. The lowest BCUT2D eigenvalue weighted by atomic mass is 10.2. The molecule has 0 aliphatic carbocycles. The largest absolute Gasteiger partial charge is 0.396 e. The lowest BCUT2D eigenvalue weighted by Gasteiger charge is -2.13. The van der Waals surface area contributed by atoms with Crippen molar-refractivity contribution in [2.45, 2.75) is 32.7 Å². The molecule has 3 N–H and O–H groups in total. The predicted molar refractivity (Wildman–Crippen MR) is 67.0 cm³/mol. The van der Waals surface area contributed by atoms with Crippen molar-refractivity contribution in [3.8, 4) is 0 Å². The fraction of sp³-hybridized carbons (Fsp3) is 0.545. The van der Waals surface area contributed by atoms with E-state index in [-0.39, 0.29) is 18.7 Å². The van der Waals surface area contributed by atoms with Gasteiger partial charge in [-0.3, -0.25) is 5.32 Å². The molecule has 0 spiro atoms. The summed E-state index contributed by atoms with van der Waals surface area (Å²) in [5.74, 6) is 0. The predicted octanol–water partition coefficient (Wildman–Crippen LogP) is 2.34. The van der Waals surface area contributed by atoms with Gasteiger partial charge in [0.2, 0.25) is 0 Å². The number of aryl methyl sites for hydroxylation is 1. The van der Waals surface area contributed by atoms with E-state index < -0.39 is 0 Å². The standard InChI is InChI=1S/C11H18N2O2S/c1-8(4-3-7-14)12-11(15)13-10-6-5-9(2)16-10/h5-6,8,14H,3-4,7H2,1-2H3,(H2,12,13,15). The van der Waals surface area contributed by atoms with Gasteiger partial charge in [0.1, 0.15) is 0 Å². The van der Waals surface area contributed by atoms with Crippen molar-refractivity contribution in [2.75, 3.05) is 11.9 Å². The van der Waals surface area contributed by atoms with Crippen LogP contribution in [0.3, 0.4) is 0 Å². The van der Waals surface area contributed by atoms with Crippen LogP contribution in [0.25, 0.3) is 0 Å². The van der Waals surface area contributed by atoms with E-state index in [1.54, 1.807) is 11.3 Å². The minimum absolute atomic E-state index is 0.0770. The molecular weight excluding hydrogens is 224 g/mol. The monoisotopic (exact) mass is 242 g/mol. The number of carbonyl (C=O) groups is 1. The molecule has 0 bridgehead atoms. The molecule has 1 unspecified atom stereocenters. The second kappa shape index (κ2) is 6.50. The number of amides is 2. The zero-order valence-corrected chi connectivity index (χ0v) is 10.4. The average Bonchev–Trinajstić information content (AvgIpc) is 2.60. The highest BCUT2D eigenvalue weighted by Crippen LogP contribution is 2.20. The SMILES string of the molecule is Cc1ccc(NC(=O)NC(C)CCCO)s1. The van der Waals surface area contributed by atoms with Crippen LogP contribution in [0.1, 0.15) is 24.6 Å². The molecule has 90 valence electrons. The summed E-state index contributed by atoms with van der Waals surface area (Å²) in [6, 6.07) is 3.74. The van der Waals surface area contributed by atoms with Gasteiger partial charge in [0, 0.05) is 17.5 Å². The molecule has 0 fully saturated rings. The number of urea groups is 1. The van der Waals surface area contributed by atoms with Crippen molar-refractivity contribution < 1.29 is 9.90 Å². The smallest absolute Gasteiger partial charge is 0.320 e. The van der Waals surface area contributed by atoms with Gasteiger partial charge in [-0.05, 0) is 38.8 Å². The molecule has 2 amide bonds. The Balaban J connectivity index is 2.30. The number of carbonyl (C=O) groups excluding carboxylic acids is 1. The van der Waals surface area contributed by atoms with E-state index in [4.69, 9.17) is 5.11 Å². The van der Waals surface area contributed by atoms with Gasteiger partial charge in [-0.25, -0.2) is 4.79 Å². The van der Waals surface area contributed by atoms with Crippen molar-refractivity contribution >= 4 is 22.4 Å². The van der Waals surface area contributed by atoms with Crippen molar-refractivity contribution in [2.24, 2.45) is 0 Å². The first-order valence-electron chi connectivity index (χ1n) is 5.36. The van der Waals surface area contributed by atoms with Gasteiger partial charge in [0.15, 0.2) is 0 Å². The van der Waals surface area contributed by atoms with E-state index in [1.165, 1.54) is 4.88 Å². The fourth-order valence-corrected chi connectivity index (χ4v) is 2.11. The van der Waals surface area contributed by atoms with Gasteiger partial charge >= 0.3 is 6.03 Å². The van der Waals surface area contributed by atoms with Gasteiger partial charge in [-0.15, -0.1) is 11.3 Å². The summed E-state index contributed by atoms with van der Waals surface area (Å²) in [5.41, 5.74) is 0. The van der Waals surface area contributed by atoms with Crippen LogP contribution in [0, 0.1) is 6.92 Å². The van der Waals surface area contributed by atoms with Crippen LogP contribution >= 0.6 is 11.3 Å². The van der Waals surface area contributed by atoms with Crippen LogP contribution in [0.2, 0.25) is 0 Å². The number of rotatable bonds is 5. The maximum Gasteiger partial charge on any atom is 0.320 e. The second-order valence-electron chi connectivity index (χ2n) is 3.78. The van der Waals surface area contributed by atoms with Crippen LogP contribution in [-0.2, 0) is 0 Å². The maximum absolute atomic E-state index is 11.5. The normalized spacial score (nSPS) is 12.2. The molecule has 1 heterocycles. The van der Waals surface area contributed by atoms with Crippen molar-refractivity contribution in [3.05, 3.63) is 17.0 Å². The third-order valence-electron chi connectivity index (χ3n) is 2.15. The van der Waals surface area contributed by atoms with Crippen LogP contribution in [0.15, 0.2) is 12.1 Å². The minimum Gasteiger partial charge on any atom is -0.396 e. The Morgan fingerprint density at radius 2 is 2.31 bits per heavy atom. The molecule has 0 aliphatic rings. The number of thiophene rings is 1. The summed E-state index contributed by atoms with van der Waals surface area (Å²) >= 11 is 1.55. The lowest BCUT2D eigenvalue weighted by Crippen LogP contribution is -2.35. The van der Waals surface area contributed by atoms with Crippen LogP contribution < -0.4 is 10.6 Å². The number of aliphatic hydroxyl groups is 1. The highest BCUT2D eigenvalue weighted by Gasteiger charge is 2.07. The average molecular weight is 242 g/mol. The molecule has 1 aromatic heterocycles. The van der Waals surface area contributed by atoms with E-state index in [2.05, 4.69) is 10.6 Å². The summed E-state index contributed by atoms with van der Waals surface area (Å²) in [6.07, 6.45) is 1.49. The van der Waals surface area contributed by atoms with Crippen LogP contribution in [0.5, 0.6) is 0 Å². The van der Waals surface area contributed by atoms with Crippen LogP contribution in [-0.4, -0.2) is 23.8 Å². The summed E-state index contributed by atoms with van der Waals surface area (Å²) in [6.45, 7) is 4.09. The molecule has 0 aromatic carbocycles. The third-order valence-corrected chi connectivity index (χ3v) is 3.07. The number of hydrogen-bond donors (Lipinski definition) is 3. The summed E-state index contributed by atoms with van der Waals surface area (Å²) in [7, 11) is 0. The molecule has 0 saturated carbocycles. The molecule has 5 heteroatoms. The zero-order chi connectivity index (χ0) is 12.0. The zero-order valence-electron chi connectivity index (χ0n) is 9.62. The van der Waals surface area contributed by atoms with E-state index in [0.717, 1.165) is 11.4 Å². The van der Waals surface area contributed by atoms with Crippen molar-refractivity contribution in [3.63, 3.8) is 0 Å². The van der Waals surface area contributed by atoms with Crippen molar-refractivity contribution in [1.82, 2.24) is 5.32 Å². The Morgan fingerprint density at radius 1 is 1.56 bits per heavy atom. The maximum atomic E-state index is 11.5. The second-order valence-corrected chi connectivity index (χ2v) is 5.06. The molecule has 0 aliphatic heterocycles. The van der Waals surface area contributed by atoms with Crippen LogP contribution in [0.4, 0.5) is 9.80 Å². The number of aliphatic hydroxyl groups excluding tert-OH is 1. The number of anilines is 1. The highest BCUT2D eigenvalue weighted by atomic mass is 32.1. The van der Waals surface area contributed by atoms with E-state index in [0.29, 0.717) is 6.42 Å². The minimum atomic E-state index is -0.188. The molecule has 0 saturated heterocycles. The summed E-state index contributed by atoms with van der Waals surface area (Å²) < 4.78 is 0. The Bertz CT molecular complexity index is 338.